The van der Waals surface area contributed by atoms with E-state index in [4.69, 9.17) is 22.1 Å². The van der Waals surface area contributed by atoms with Crippen LogP contribution in [0.4, 0.5) is 10.5 Å². The van der Waals surface area contributed by atoms with E-state index in [9.17, 15) is 9.59 Å². The molecule has 2 aromatic carbocycles. The molecule has 0 atom stereocenters. The van der Waals surface area contributed by atoms with Gasteiger partial charge in [-0.15, -0.1) is 0 Å². The van der Waals surface area contributed by atoms with Crippen molar-refractivity contribution in [2.45, 2.75) is 13.1 Å². The van der Waals surface area contributed by atoms with Crippen LogP contribution in [0.1, 0.15) is 21.6 Å². The van der Waals surface area contributed by atoms with E-state index in [-0.39, 0.29) is 12.6 Å². The number of amides is 3. The van der Waals surface area contributed by atoms with Gasteiger partial charge in [-0.25, -0.2) is 4.79 Å². The Hall–Kier alpha value is -3.85. The van der Waals surface area contributed by atoms with Crippen LogP contribution in [0.15, 0.2) is 47.5 Å². The summed E-state index contributed by atoms with van der Waals surface area (Å²) in [7, 11) is 3.23. The monoisotopic (exact) mass is 466 g/mol. The van der Waals surface area contributed by atoms with Crippen molar-refractivity contribution in [3.63, 3.8) is 0 Å². The highest BCUT2D eigenvalue weighted by Crippen LogP contribution is 2.30. The van der Waals surface area contributed by atoms with Gasteiger partial charge >= 0.3 is 6.03 Å². The van der Waals surface area contributed by atoms with Gasteiger partial charge in [-0.3, -0.25) is 14.5 Å². The molecule has 10 heteroatoms. The molecule has 3 aromatic rings. The van der Waals surface area contributed by atoms with Crippen LogP contribution in [0.2, 0.25) is 5.02 Å². The maximum Gasteiger partial charge on any atom is 0.322 e. The summed E-state index contributed by atoms with van der Waals surface area (Å²) in [6.45, 7) is 1.04. The SMILES string of the molecule is CN=Cc1ccc(NC(=O)N2CCn3nc(-c4cccc(Cl)c4)c(C(N)=O)c3C2)cc1OC. The Bertz CT molecular complexity index is 1250. The number of ether oxygens (including phenoxy) is 1. The second kappa shape index (κ2) is 9.33. The van der Waals surface area contributed by atoms with Crippen molar-refractivity contribution in [2.24, 2.45) is 10.7 Å². The molecule has 9 nitrogen and oxygen atoms in total. The number of hydrogen-bond acceptors (Lipinski definition) is 5. The van der Waals surface area contributed by atoms with Crippen molar-refractivity contribution in [2.75, 3.05) is 26.0 Å². The van der Waals surface area contributed by atoms with E-state index in [0.717, 1.165) is 5.56 Å². The maximum absolute atomic E-state index is 13.0. The van der Waals surface area contributed by atoms with E-state index in [0.29, 0.717) is 52.1 Å². The summed E-state index contributed by atoms with van der Waals surface area (Å²) in [6.07, 6.45) is 1.68. The van der Waals surface area contributed by atoms with Crippen molar-refractivity contribution < 1.29 is 14.3 Å². The molecule has 3 N–H and O–H groups in total. The van der Waals surface area contributed by atoms with Gasteiger partial charge in [0.1, 0.15) is 11.4 Å². The lowest BCUT2D eigenvalue weighted by Gasteiger charge is -2.28. The zero-order chi connectivity index (χ0) is 23.5. The summed E-state index contributed by atoms with van der Waals surface area (Å²) >= 11 is 6.12. The fourth-order valence-electron chi connectivity index (χ4n) is 3.82. The van der Waals surface area contributed by atoms with E-state index in [2.05, 4.69) is 15.4 Å². The topological polar surface area (TPSA) is 115 Å². The Kier molecular flexibility index (Phi) is 6.32. The number of fused-ring (bicyclic) bond motifs is 1. The summed E-state index contributed by atoms with van der Waals surface area (Å²) in [5.41, 5.74) is 9.12. The molecule has 0 saturated carbocycles. The number of nitrogens with two attached hydrogens (primary N) is 1. The minimum Gasteiger partial charge on any atom is -0.496 e. The van der Waals surface area contributed by atoms with Crippen molar-refractivity contribution >= 4 is 35.4 Å². The largest absolute Gasteiger partial charge is 0.496 e. The average Bonchev–Trinajstić information content (AvgIpc) is 3.19. The fourth-order valence-corrected chi connectivity index (χ4v) is 4.02. The van der Waals surface area contributed by atoms with Crippen LogP contribution in [0.25, 0.3) is 11.3 Å². The highest BCUT2D eigenvalue weighted by Gasteiger charge is 2.29. The molecule has 4 rings (SSSR count). The third kappa shape index (κ3) is 4.54. The molecule has 0 bridgehead atoms. The number of urea groups is 1. The molecular weight excluding hydrogens is 444 g/mol. The summed E-state index contributed by atoms with van der Waals surface area (Å²) in [5.74, 6) is -0.0105. The first kappa shape index (κ1) is 22.3. The zero-order valence-electron chi connectivity index (χ0n) is 18.2. The number of halogens is 1. The van der Waals surface area contributed by atoms with Crippen LogP contribution in [-0.2, 0) is 13.1 Å². The number of methoxy groups -OCH3 is 1. The molecular formula is C23H23ClN6O3. The van der Waals surface area contributed by atoms with Crippen molar-refractivity contribution in [3.8, 4) is 17.0 Å². The normalized spacial score (nSPS) is 13.1. The van der Waals surface area contributed by atoms with Crippen LogP contribution < -0.4 is 15.8 Å². The Morgan fingerprint density at radius 2 is 2.06 bits per heavy atom. The lowest BCUT2D eigenvalue weighted by atomic mass is 10.0. The molecule has 0 fully saturated rings. The summed E-state index contributed by atoms with van der Waals surface area (Å²) in [4.78, 5) is 30.9. The lowest BCUT2D eigenvalue weighted by Crippen LogP contribution is -2.41. The predicted molar refractivity (Wildman–Crippen MR) is 127 cm³/mol. The summed E-state index contributed by atoms with van der Waals surface area (Å²) in [6, 6.07) is 12.1. The smallest absolute Gasteiger partial charge is 0.322 e. The van der Waals surface area contributed by atoms with Gasteiger partial charge in [0.15, 0.2) is 0 Å². The van der Waals surface area contributed by atoms with Crippen molar-refractivity contribution in [3.05, 3.63) is 64.3 Å². The van der Waals surface area contributed by atoms with Crippen molar-refractivity contribution in [1.82, 2.24) is 14.7 Å². The van der Waals surface area contributed by atoms with Gasteiger partial charge in [-0.1, -0.05) is 23.7 Å². The second-order valence-corrected chi connectivity index (χ2v) is 7.90. The number of carbonyl (C=O) groups is 2. The third-order valence-electron chi connectivity index (χ3n) is 5.36. The lowest BCUT2D eigenvalue weighted by molar-refractivity contribution is 0.0997. The predicted octanol–water partition coefficient (Wildman–Crippen LogP) is 3.41. The fraction of sp³-hybridized carbons (Fsp3) is 0.217. The standard InChI is InChI=1S/C23H23ClN6O3/c1-26-12-15-6-7-17(11-19(15)33-2)27-23(32)29-8-9-30-18(13-29)20(22(25)31)21(28-30)14-4-3-5-16(24)10-14/h3-7,10-12H,8-9,13H2,1-2H3,(H2,25,31)(H,27,32). The molecule has 2 heterocycles. The highest BCUT2D eigenvalue weighted by atomic mass is 35.5. The summed E-state index contributed by atoms with van der Waals surface area (Å²) in [5, 5.41) is 7.99. The molecule has 1 aliphatic heterocycles. The minimum atomic E-state index is -0.605. The molecule has 0 aliphatic carbocycles. The maximum atomic E-state index is 13.0. The van der Waals surface area contributed by atoms with Gasteiger partial charge in [-0.05, 0) is 24.3 Å². The second-order valence-electron chi connectivity index (χ2n) is 7.46. The number of nitrogens with one attached hydrogen (secondary N) is 1. The highest BCUT2D eigenvalue weighted by molar-refractivity contribution is 6.30. The van der Waals surface area contributed by atoms with E-state index in [1.165, 1.54) is 0 Å². The van der Waals surface area contributed by atoms with Gasteiger partial charge in [0.05, 0.1) is 31.5 Å². The molecule has 33 heavy (non-hydrogen) atoms. The molecule has 1 aliphatic rings. The Balaban J connectivity index is 1.59. The number of anilines is 1. The quantitative estimate of drug-likeness (QED) is 0.560. The first-order chi connectivity index (χ1) is 15.9. The number of primary amides is 1. The molecule has 0 unspecified atom stereocenters. The Morgan fingerprint density at radius 3 is 2.76 bits per heavy atom. The number of aromatic nitrogens is 2. The molecule has 1 aromatic heterocycles. The van der Waals surface area contributed by atoms with Gasteiger partial charge in [0.25, 0.3) is 5.91 Å². The number of benzene rings is 2. The number of nitrogens with zero attached hydrogens (tertiary/aromatic N) is 4. The van der Waals surface area contributed by atoms with Gasteiger partial charge < -0.3 is 20.7 Å². The Labute approximate surface area is 195 Å². The van der Waals surface area contributed by atoms with E-state index in [1.54, 1.807) is 60.3 Å². The van der Waals surface area contributed by atoms with Crippen LogP contribution >= 0.6 is 11.6 Å². The molecule has 0 radical (unpaired) electrons. The van der Waals surface area contributed by atoms with Crippen LogP contribution in [0, 0.1) is 0 Å². The molecule has 0 spiro atoms. The molecule has 3 amide bonds. The van der Waals surface area contributed by atoms with E-state index < -0.39 is 5.91 Å². The van der Waals surface area contributed by atoms with Gasteiger partial charge in [-0.2, -0.15) is 5.10 Å². The average molecular weight is 467 g/mol. The number of aliphatic imine (C=N–C) groups is 1. The molecule has 170 valence electrons. The van der Waals surface area contributed by atoms with E-state index in [1.807, 2.05) is 12.1 Å². The molecule has 0 saturated heterocycles. The van der Waals surface area contributed by atoms with Crippen LogP contribution in [0.3, 0.4) is 0 Å². The Morgan fingerprint density at radius 1 is 1.24 bits per heavy atom. The number of carbonyl (C=O) groups excluding carboxylic acids is 2. The van der Waals surface area contributed by atoms with E-state index >= 15 is 0 Å². The van der Waals surface area contributed by atoms with Crippen LogP contribution in [-0.4, -0.2) is 53.5 Å². The van der Waals surface area contributed by atoms with Gasteiger partial charge in [0.2, 0.25) is 0 Å². The van der Waals surface area contributed by atoms with Crippen LogP contribution in [0.5, 0.6) is 5.75 Å². The third-order valence-corrected chi connectivity index (χ3v) is 5.60. The number of hydrogen-bond donors (Lipinski definition) is 2. The number of rotatable bonds is 5. The zero-order valence-corrected chi connectivity index (χ0v) is 19.0. The first-order valence-electron chi connectivity index (χ1n) is 10.2. The van der Waals surface area contributed by atoms with Gasteiger partial charge in [0, 0.05) is 47.7 Å². The summed E-state index contributed by atoms with van der Waals surface area (Å²) < 4.78 is 7.10. The minimum absolute atomic E-state index is 0.190. The first-order valence-corrected chi connectivity index (χ1v) is 10.6. The van der Waals surface area contributed by atoms with Crippen molar-refractivity contribution in [1.29, 1.82) is 0 Å².